The lowest BCUT2D eigenvalue weighted by Crippen LogP contribution is -2.18. The van der Waals surface area contributed by atoms with Crippen molar-refractivity contribution in [2.24, 2.45) is 0 Å². The molecule has 0 saturated carbocycles. The van der Waals surface area contributed by atoms with Gasteiger partial charge in [0.2, 0.25) is 6.39 Å². The first kappa shape index (κ1) is 11.9. The summed E-state index contributed by atoms with van der Waals surface area (Å²) in [6, 6.07) is 2.49. The van der Waals surface area contributed by atoms with Crippen LogP contribution in [0.1, 0.15) is 37.7 Å². The molecule has 1 atom stereocenters. The van der Waals surface area contributed by atoms with Gasteiger partial charge in [0, 0.05) is 18.4 Å². The Balaban J connectivity index is 1.95. The smallest absolute Gasteiger partial charge is 0.213 e. The highest BCUT2D eigenvalue weighted by Crippen LogP contribution is 2.13. The lowest BCUT2D eigenvalue weighted by Gasteiger charge is -2.10. The highest BCUT2D eigenvalue weighted by Gasteiger charge is 2.07. The largest absolute Gasteiger partial charge is 0.346 e. The van der Waals surface area contributed by atoms with E-state index in [4.69, 9.17) is 4.52 Å². The van der Waals surface area contributed by atoms with Crippen LogP contribution in [0.3, 0.4) is 0 Å². The van der Waals surface area contributed by atoms with Crippen LogP contribution in [-0.2, 0) is 6.54 Å². The monoisotopic (exact) mass is 234 g/mol. The van der Waals surface area contributed by atoms with E-state index in [1.165, 1.54) is 12.0 Å². The maximum atomic E-state index is 4.71. The molecule has 0 aliphatic rings. The number of nitrogens with zero attached hydrogens (tertiary/aromatic N) is 3. The van der Waals surface area contributed by atoms with E-state index in [1.54, 1.807) is 0 Å². The number of hydrogen-bond donors (Lipinski definition) is 1. The Morgan fingerprint density at radius 2 is 2.41 bits per heavy atom. The summed E-state index contributed by atoms with van der Waals surface area (Å²) in [6.45, 7) is 6.03. The number of hydrogen-bond acceptors (Lipinski definition) is 4. The second kappa shape index (κ2) is 5.63. The summed E-state index contributed by atoms with van der Waals surface area (Å²) in [5, 5.41) is 7.25. The summed E-state index contributed by atoms with van der Waals surface area (Å²) in [4.78, 5) is 4.00. The summed E-state index contributed by atoms with van der Waals surface area (Å²) >= 11 is 0. The molecule has 0 aliphatic heterocycles. The van der Waals surface area contributed by atoms with Crippen molar-refractivity contribution < 1.29 is 4.52 Å². The highest BCUT2D eigenvalue weighted by atomic mass is 16.5. The van der Waals surface area contributed by atoms with E-state index in [9.17, 15) is 0 Å². The van der Waals surface area contributed by atoms with Gasteiger partial charge in [-0.1, -0.05) is 12.1 Å². The van der Waals surface area contributed by atoms with Gasteiger partial charge in [-0.25, -0.2) is 0 Å². The van der Waals surface area contributed by atoms with E-state index in [2.05, 4.69) is 46.1 Å². The molecule has 1 N–H and O–H groups in total. The van der Waals surface area contributed by atoms with Gasteiger partial charge in [0.15, 0.2) is 5.82 Å². The van der Waals surface area contributed by atoms with Gasteiger partial charge in [0.1, 0.15) is 0 Å². The maximum absolute atomic E-state index is 4.71. The quantitative estimate of drug-likeness (QED) is 0.830. The van der Waals surface area contributed by atoms with Crippen molar-refractivity contribution >= 4 is 0 Å². The van der Waals surface area contributed by atoms with Gasteiger partial charge in [0.25, 0.3) is 0 Å². The van der Waals surface area contributed by atoms with Crippen molar-refractivity contribution in [1.82, 2.24) is 20.0 Å². The molecule has 0 saturated heterocycles. The molecule has 0 aromatic carbocycles. The molecule has 5 heteroatoms. The van der Waals surface area contributed by atoms with Crippen molar-refractivity contribution in [2.75, 3.05) is 6.54 Å². The van der Waals surface area contributed by atoms with Crippen molar-refractivity contribution in [3.8, 4) is 0 Å². The van der Waals surface area contributed by atoms with Crippen LogP contribution in [0.4, 0.5) is 0 Å². The van der Waals surface area contributed by atoms with Crippen LogP contribution in [0, 0.1) is 0 Å². The molecule has 2 heterocycles. The molecule has 0 bridgehead atoms. The summed E-state index contributed by atoms with van der Waals surface area (Å²) in [5.74, 6) is 0.696. The van der Waals surface area contributed by atoms with Crippen molar-refractivity contribution in [3.63, 3.8) is 0 Å². The highest BCUT2D eigenvalue weighted by molar-refractivity contribution is 5.15. The predicted octanol–water partition coefficient (Wildman–Crippen LogP) is 1.98. The van der Waals surface area contributed by atoms with Gasteiger partial charge in [0.05, 0.1) is 6.54 Å². The Labute approximate surface area is 101 Å². The maximum Gasteiger partial charge on any atom is 0.213 e. The van der Waals surface area contributed by atoms with Crippen LogP contribution in [0.25, 0.3) is 0 Å². The first-order valence-electron chi connectivity index (χ1n) is 5.94. The summed E-state index contributed by atoms with van der Waals surface area (Å²) in [5.41, 5.74) is 1.28. The minimum atomic E-state index is 0.376. The van der Waals surface area contributed by atoms with E-state index < -0.39 is 0 Å². The lowest BCUT2D eigenvalue weighted by molar-refractivity contribution is 0.408. The molecule has 2 aromatic rings. The average Bonchev–Trinajstić information content (AvgIpc) is 2.98. The standard InChI is InChI=1S/C12H18N4O/c1-3-5-13-10(2)11-4-6-16(7-11)8-12-14-9-17-15-12/h4,6-7,9-10,13H,3,5,8H2,1-2H3. The van der Waals surface area contributed by atoms with E-state index >= 15 is 0 Å². The molecule has 1 unspecified atom stereocenters. The minimum Gasteiger partial charge on any atom is -0.346 e. The molecule has 92 valence electrons. The Bertz CT molecular complexity index is 435. The summed E-state index contributed by atoms with van der Waals surface area (Å²) in [6.07, 6.45) is 6.65. The fourth-order valence-electron chi connectivity index (χ4n) is 1.72. The van der Waals surface area contributed by atoms with Crippen molar-refractivity contribution in [1.29, 1.82) is 0 Å². The molecule has 2 rings (SSSR count). The van der Waals surface area contributed by atoms with Crippen LogP contribution in [0.15, 0.2) is 29.4 Å². The SMILES string of the molecule is CCCNC(C)c1ccn(Cc2ncon2)c1. The lowest BCUT2D eigenvalue weighted by atomic mass is 10.2. The molecule has 0 spiro atoms. The van der Waals surface area contributed by atoms with Gasteiger partial charge in [-0.15, -0.1) is 0 Å². The van der Waals surface area contributed by atoms with Gasteiger partial charge >= 0.3 is 0 Å². The molecule has 0 aliphatic carbocycles. The fourth-order valence-corrected chi connectivity index (χ4v) is 1.72. The molecular weight excluding hydrogens is 216 g/mol. The Morgan fingerprint density at radius 3 is 3.12 bits per heavy atom. The fraction of sp³-hybridized carbons (Fsp3) is 0.500. The number of nitrogens with one attached hydrogen (secondary N) is 1. The Hall–Kier alpha value is -1.62. The van der Waals surface area contributed by atoms with E-state index in [0.29, 0.717) is 18.4 Å². The molecule has 5 nitrogen and oxygen atoms in total. The molecule has 0 fully saturated rings. The third-order valence-corrected chi connectivity index (χ3v) is 2.70. The summed E-state index contributed by atoms with van der Waals surface area (Å²) < 4.78 is 6.77. The normalized spacial score (nSPS) is 12.8. The van der Waals surface area contributed by atoms with Gasteiger partial charge < -0.3 is 14.4 Å². The van der Waals surface area contributed by atoms with E-state index in [0.717, 1.165) is 13.0 Å². The zero-order valence-electron chi connectivity index (χ0n) is 10.3. The number of aromatic nitrogens is 3. The minimum absolute atomic E-state index is 0.376. The Kier molecular flexibility index (Phi) is 3.93. The predicted molar refractivity (Wildman–Crippen MR) is 64.5 cm³/mol. The van der Waals surface area contributed by atoms with Crippen LogP contribution in [-0.4, -0.2) is 21.3 Å². The van der Waals surface area contributed by atoms with Crippen molar-refractivity contribution in [3.05, 3.63) is 36.2 Å². The molecule has 2 aromatic heterocycles. The van der Waals surface area contributed by atoms with Crippen LogP contribution in [0.2, 0.25) is 0 Å². The molecule has 0 radical (unpaired) electrons. The first-order valence-corrected chi connectivity index (χ1v) is 5.94. The van der Waals surface area contributed by atoms with Crippen molar-refractivity contribution in [2.45, 2.75) is 32.9 Å². The average molecular weight is 234 g/mol. The van der Waals surface area contributed by atoms with Gasteiger partial charge in [-0.3, -0.25) is 0 Å². The molecule has 0 amide bonds. The second-order valence-corrected chi connectivity index (χ2v) is 4.14. The topological polar surface area (TPSA) is 55.9 Å². The summed E-state index contributed by atoms with van der Waals surface area (Å²) in [7, 11) is 0. The third kappa shape index (κ3) is 3.17. The van der Waals surface area contributed by atoms with Crippen LogP contribution in [0.5, 0.6) is 0 Å². The first-order chi connectivity index (χ1) is 8.29. The Morgan fingerprint density at radius 1 is 1.53 bits per heavy atom. The molecule has 17 heavy (non-hydrogen) atoms. The van der Waals surface area contributed by atoms with Crippen LogP contribution < -0.4 is 5.32 Å². The number of rotatable bonds is 6. The second-order valence-electron chi connectivity index (χ2n) is 4.14. The van der Waals surface area contributed by atoms with E-state index in [-0.39, 0.29) is 0 Å². The van der Waals surface area contributed by atoms with Gasteiger partial charge in [-0.2, -0.15) is 4.98 Å². The van der Waals surface area contributed by atoms with Gasteiger partial charge in [-0.05, 0) is 31.5 Å². The third-order valence-electron chi connectivity index (χ3n) is 2.70. The zero-order chi connectivity index (χ0) is 12.1. The van der Waals surface area contributed by atoms with Crippen LogP contribution >= 0.6 is 0 Å². The van der Waals surface area contributed by atoms with E-state index in [1.807, 2.05) is 6.20 Å². The zero-order valence-corrected chi connectivity index (χ0v) is 10.3. The molecular formula is C12H18N4O.